The molecule has 1 aromatic carbocycles. The predicted molar refractivity (Wildman–Crippen MR) is 67.6 cm³/mol. The van der Waals surface area contributed by atoms with Crippen LogP contribution in [0.1, 0.15) is 15.9 Å². The summed E-state index contributed by atoms with van der Waals surface area (Å²) in [5.41, 5.74) is 1.27. The van der Waals surface area contributed by atoms with E-state index < -0.39 is 0 Å². The maximum absolute atomic E-state index is 11.9. The fourth-order valence-corrected chi connectivity index (χ4v) is 2.06. The Balaban J connectivity index is 3.36. The number of rotatable bonds is 5. The minimum absolute atomic E-state index is 0.0722. The van der Waals surface area contributed by atoms with Gasteiger partial charge in [-0.05, 0) is 25.6 Å². The number of nitrogens with one attached hydrogen (secondary N) is 1. The second kappa shape index (κ2) is 5.89. The van der Waals surface area contributed by atoms with Gasteiger partial charge in [0.15, 0.2) is 11.5 Å². The lowest BCUT2D eigenvalue weighted by Gasteiger charge is -2.14. The number of aryl methyl sites for hydroxylation is 1. The van der Waals surface area contributed by atoms with Gasteiger partial charge in [0.25, 0.3) is 0 Å². The van der Waals surface area contributed by atoms with Crippen LogP contribution in [-0.2, 0) is 0 Å². The Kier molecular flexibility index (Phi) is 4.78. The Bertz CT molecular complexity index is 432. The van der Waals surface area contributed by atoms with Crippen molar-refractivity contribution in [1.82, 2.24) is 5.32 Å². The van der Waals surface area contributed by atoms with Gasteiger partial charge in [-0.25, -0.2) is 0 Å². The van der Waals surface area contributed by atoms with E-state index in [1.165, 1.54) is 14.2 Å². The van der Waals surface area contributed by atoms with Crippen LogP contribution in [0.15, 0.2) is 6.07 Å². The van der Waals surface area contributed by atoms with E-state index in [2.05, 4.69) is 5.32 Å². The van der Waals surface area contributed by atoms with Crippen LogP contribution in [0.25, 0.3) is 0 Å². The Labute approximate surface area is 106 Å². The number of ether oxygens (including phenoxy) is 2. The molecule has 0 saturated heterocycles. The number of halogens is 1. The van der Waals surface area contributed by atoms with Gasteiger partial charge >= 0.3 is 0 Å². The third kappa shape index (κ3) is 2.70. The van der Waals surface area contributed by atoms with Crippen LogP contribution in [-0.4, -0.2) is 33.6 Å². The molecule has 94 valence electrons. The molecule has 17 heavy (non-hydrogen) atoms. The van der Waals surface area contributed by atoms with E-state index in [1.807, 2.05) is 6.92 Å². The van der Waals surface area contributed by atoms with Crippen molar-refractivity contribution < 1.29 is 14.3 Å². The van der Waals surface area contributed by atoms with Crippen LogP contribution in [0.2, 0.25) is 5.02 Å². The second-order valence-electron chi connectivity index (χ2n) is 3.58. The summed E-state index contributed by atoms with van der Waals surface area (Å²) in [5.74, 6) is 0.816. The highest BCUT2D eigenvalue weighted by Gasteiger charge is 2.20. The van der Waals surface area contributed by atoms with Gasteiger partial charge in [0.1, 0.15) is 10.8 Å². The molecule has 0 fully saturated rings. The Morgan fingerprint density at radius 2 is 1.94 bits per heavy atom. The molecule has 0 radical (unpaired) electrons. The number of Topliss-reactive ketones (excluding diaryl/α,β-unsaturated/α-hetero) is 1. The summed E-state index contributed by atoms with van der Waals surface area (Å²) in [4.78, 5) is 11.9. The summed E-state index contributed by atoms with van der Waals surface area (Å²) in [6, 6.07) is 1.73. The number of methoxy groups -OCH3 is 2. The number of ketones is 1. The molecular weight excluding hydrogens is 242 g/mol. The van der Waals surface area contributed by atoms with E-state index >= 15 is 0 Å². The number of carbonyl (C=O) groups is 1. The van der Waals surface area contributed by atoms with Crippen LogP contribution in [0.4, 0.5) is 0 Å². The predicted octanol–water partition coefficient (Wildman–Crippen LogP) is 2.07. The lowest BCUT2D eigenvalue weighted by molar-refractivity contribution is 0.0990. The maximum Gasteiger partial charge on any atom is 0.180 e. The highest BCUT2D eigenvalue weighted by molar-refractivity contribution is 6.34. The normalized spacial score (nSPS) is 10.2. The van der Waals surface area contributed by atoms with Crippen molar-refractivity contribution in [3.63, 3.8) is 0 Å². The monoisotopic (exact) mass is 257 g/mol. The van der Waals surface area contributed by atoms with Crippen molar-refractivity contribution >= 4 is 17.4 Å². The van der Waals surface area contributed by atoms with Gasteiger partial charge in [-0.3, -0.25) is 4.79 Å². The first-order valence-corrected chi connectivity index (χ1v) is 5.53. The van der Waals surface area contributed by atoms with Gasteiger partial charge in [0.2, 0.25) is 0 Å². The molecule has 1 aromatic rings. The van der Waals surface area contributed by atoms with E-state index in [4.69, 9.17) is 21.1 Å². The average Bonchev–Trinajstić information content (AvgIpc) is 2.29. The van der Waals surface area contributed by atoms with Gasteiger partial charge in [-0.2, -0.15) is 0 Å². The first-order valence-electron chi connectivity index (χ1n) is 5.15. The fourth-order valence-electron chi connectivity index (χ4n) is 1.66. The summed E-state index contributed by atoms with van der Waals surface area (Å²) in [5, 5.41) is 3.13. The highest BCUT2D eigenvalue weighted by atomic mass is 35.5. The molecule has 4 nitrogen and oxygen atoms in total. The molecule has 0 heterocycles. The van der Waals surface area contributed by atoms with Crippen LogP contribution < -0.4 is 14.8 Å². The molecule has 0 saturated carbocycles. The first-order chi connectivity index (χ1) is 8.06. The SMILES string of the molecule is CNCC(=O)c1cc(C)c(OC)c(Cl)c1OC. The zero-order valence-electron chi connectivity index (χ0n) is 10.4. The van der Waals surface area contributed by atoms with Crippen LogP contribution in [0, 0.1) is 6.92 Å². The van der Waals surface area contributed by atoms with Gasteiger partial charge < -0.3 is 14.8 Å². The lowest BCUT2D eigenvalue weighted by Crippen LogP contribution is -2.19. The third-order valence-corrected chi connectivity index (χ3v) is 2.75. The largest absolute Gasteiger partial charge is 0.495 e. The second-order valence-corrected chi connectivity index (χ2v) is 3.95. The first kappa shape index (κ1) is 13.8. The number of hydrogen-bond acceptors (Lipinski definition) is 4. The van der Waals surface area contributed by atoms with Crippen molar-refractivity contribution in [2.24, 2.45) is 0 Å². The van der Waals surface area contributed by atoms with Crippen molar-refractivity contribution in [1.29, 1.82) is 0 Å². The Hall–Kier alpha value is -1.26. The quantitative estimate of drug-likeness (QED) is 0.821. The average molecular weight is 258 g/mol. The van der Waals surface area contributed by atoms with Gasteiger partial charge in [0.05, 0.1) is 26.3 Å². The van der Waals surface area contributed by atoms with Crippen molar-refractivity contribution in [2.75, 3.05) is 27.8 Å². The third-order valence-electron chi connectivity index (χ3n) is 2.41. The van der Waals surface area contributed by atoms with Crippen LogP contribution in [0.3, 0.4) is 0 Å². The van der Waals surface area contributed by atoms with E-state index in [-0.39, 0.29) is 12.3 Å². The molecule has 1 rings (SSSR count). The molecule has 1 N–H and O–H groups in total. The van der Waals surface area contributed by atoms with E-state index in [9.17, 15) is 4.79 Å². The molecule has 0 aliphatic rings. The van der Waals surface area contributed by atoms with E-state index in [0.717, 1.165) is 5.56 Å². The molecule has 0 amide bonds. The van der Waals surface area contributed by atoms with Crippen molar-refractivity contribution in [3.05, 3.63) is 22.2 Å². The lowest BCUT2D eigenvalue weighted by atomic mass is 10.1. The fraction of sp³-hybridized carbons (Fsp3) is 0.417. The zero-order valence-corrected chi connectivity index (χ0v) is 11.1. The summed E-state index contributed by atoms with van der Waals surface area (Å²) in [6.45, 7) is 2.07. The minimum Gasteiger partial charge on any atom is -0.495 e. The van der Waals surface area contributed by atoms with Gasteiger partial charge in [0, 0.05) is 0 Å². The molecule has 0 unspecified atom stereocenters. The summed E-state index contributed by atoms with van der Waals surface area (Å²) in [6.07, 6.45) is 0. The summed E-state index contributed by atoms with van der Waals surface area (Å²) < 4.78 is 10.4. The number of likely N-dealkylation sites (N-methyl/N-ethyl adjacent to an activating group) is 1. The molecule has 0 bridgehead atoms. The topological polar surface area (TPSA) is 47.6 Å². The number of carbonyl (C=O) groups excluding carboxylic acids is 1. The zero-order chi connectivity index (χ0) is 13.0. The van der Waals surface area contributed by atoms with Crippen LogP contribution >= 0.6 is 11.6 Å². The molecular formula is C12H16ClNO3. The molecule has 0 spiro atoms. The highest BCUT2D eigenvalue weighted by Crippen LogP contribution is 2.39. The Morgan fingerprint density at radius 3 is 2.41 bits per heavy atom. The smallest absolute Gasteiger partial charge is 0.180 e. The summed E-state index contributed by atoms with van der Waals surface area (Å²) >= 11 is 6.14. The van der Waals surface area contributed by atoms with E-state index in [1.54, 1.807) is 13.1 Å². The van der Waals surface area contributed by atoms with Gasteiger partial charge in [-0.1, -0.05) is 11.6 Å². The van der Waals surface area contributed by atoms with Crippen molar-refractivity contribution in [3.8, 4) is 11.5 Å². The standard InChI is InChI=1S/C12H16ClNO3/c1-7-5-8(9(15)6-14-2)12(17-4)10(13)11(7)16-3/h5,14H,6H2,1-4H3. The minimum atomic E-state index is -0.0722. The van der Waals surface area contributed by atoms with E-state index in [0.29, 0.717) is 22.1 Å². The maximum atomic E-state index is 11.9. The molecule has 0 atom stereocenters. The number of hydrogen-bond donors (Lipinski definition) is 1. The molecule has 5 heteroatoms. The number of benzene rings is 1. The summed E-state index contributed by atoms with van der Waals surface area (Å²) in [7, 11) is 4.72. The molecule has 0 aliphatic carbocycles. The Morgan fingerprint density at radius 1 is 1.35 bits per heavy atom. The van der Waals surface area contributed by atoms with Gasteiger partial charge in [-0.15, -0.1) is 0 Å². The van der Waals surface area contributed by atoms with Crippen LogP contribution in [0.5, 0.6) is 11.5 Å². The molecule has 0 aliphatic heterocycles. The molecule has 0 aromatic heterocycles. The van der Waals surface area contributed by atoms with Crippen molar-refractivity contribution in [2.45, 2.75) is 6.92 Å².